The highest BCUT2D eigenvalue weighted by Gasteiger charge is 2.20. The Kier molecular flexibility index (Phi) is 7.50. The van der Waals surface area contributed by atoms with Gasteiger partial charge in [0.05, 0.1) is 0 Å². The lowest BCUT2D eigenvalue weighted by Gasteiger charge is -2.17. The molecule has 0 aliphatic rings. The number of benzene rings is 10. The van der Waals surface area contributed by atoms with E-state index in [9.17, 15) is 0 Å². The molecular weight excluding hydrogens is 719 g/mol. The average molecular weight is 752 g/mol. The van der Waals surface area contributed by atoms with Gasteiger partial charge < -0.3 is 4.42 Å². The Bertz CT molecular complexity index is 3620. The summed E-state index contributed by atoms with van der Waals surface area (Å²) in [4.78, 5) is 15.9. The molecule has 0 radical (unpaired) electrons. The van der Waals surface area contributed by atoms with Crippen molar-refractivity contribution in [3.63, 3.8) is 0 Å². The fourth-order valence-electron chi connectivity index (χ4n) is 8.98. The fraction of sp³-hybridized carbons (Fsp3) is 0. The van der Waals surface area contributed by atoms with E-state index in [1.54, 1.807) is 0 Å². The maximum absolute atomic E-state index is 6.21. The van der Waals surface area contributed by atoms with Crippen molar-refractivity contribution in [1.29, 1.82) is 0 Å². The molecule has 0 N–H and O–H groups in total. The van der Waals surface area contributed by atoms with E-state index in [1.165, 1.54) is 43.4 Å². The molecule has 2 aromatic heterocycles. The molecule has 0 saturated carbocycles. The summed E-state index contributed by atoms with van der Waals surface area (Å²) in [6, 6.07) is 70.6. The van der Waals surface area contributed by atoms with Crippen LogP contribution in [0.15, 0.2) is 205 Å². The predicted molar refractivity (Wildman–Crippen MR) is 244 cm³/mol. The number of aromatic nitrogens is 3. The summed E-state index contributed by atoms with van der Waals surface area (Å²) in [6.07, 6.45) is 0. The van der Waals surface area contributed by atoms with Crippen molar-refractivity contribution in [2.24, 2.45) is 0 Å². The van der Waals surface area contributed by atoms with Gasteiger partial charge in [-0.3, -0.25) is 0 Å². The van der Waals surface area contributed by atoms with Gasteiger partial charge in [-0.1, -0.05) is 164 Å². The Hall–Kier alpha value is -7.95. The number of hydrogen-bond acceptors (Lipinski definition) is 4. The van der Waals surface area contributed by atoms with Crippen LogP contribution in [0.4, 0.5) is 0 Å². The van der Waals surface area contributed by atoms with Gasteiger partial charge in [-0.25, -0.2) is 15.0 Å². The second-order valence-corrected chi connectivity index (χ2v) is 15.1. The van der Waals surface area contributed by atoms with Crippen LogP contribution in [0.5, 0.6) is 0 Å². The number of nitrogens with zero attached hydrogens (tertiary/aromatic N) is 3. The average Bonchev–Trinajstić information content (AvgIpc) is 3.69. The number of furan rings is 1. The van der Waals surface area contributed by atoms with Crippen LogP contribution < -0.4 is 0 Å². The van der Waals surface area contributed by atoms with E-state index in [0.717, 1.165) is 60.5 Å². The molecule has 0 bridgehead atoms. The first-order chi connectivity index (χ1) is 29.2. The molecule has 0 spiro atoms. The van der Waals surface area contributed by atoms with E-state index in [4.69, 9.17) is 19.4 Å². The van der Waals surface area contributed by atoms with Crippen LogP contribution in [-0.2, 0) is 0 Å². The van der Waals surface area contributed by atoms with Gasteiger partial charge in [0.25, 0.3) is 0 Å². The van der Waals surface area contributed by atoms with E-state index in [-0.39, 0.29) is 0 Å². The van der Waals surface area contributed by atoms with Crippen molar-refractivity contribution >= 4 is 65.0 Å². The highest BCUT2D eigenvalue weighted by Crippen LogP contribution is 2.44. The molecule has 0 amide bonds. The molecule has 12 rings (SSSR count). The second kappa shape index (κ2) is 13.3. The van der Waals surface area contributed by atoms with Crippen molar-refractivity contribution in [2.45, 2.75) is 0 Å². The number of fused-ring (bicyclic) bond motifs is 8. The Balaban J connectivity index is 1.12. The topological polar surface area (TPSA) is 51.8 Å². The first-order valence-corrected chi connectivity index (χ1v) is 19.9. The SMILES string of the molecule is c1ccc(-c2ccccc2-c2nc(-c3ccc4oc5ccccc5c4c3)nc(-c3ccc(-c4c5ccccc5cc5c4ccc4ccccc45)c4ccccc34)n2)cc1. The highest BCUT2D eigenvalue weighted by atomic mass is 16.3. The molecule has 0 atom stereocenters. The van der Waals surface area contributed by atoms with E-state index < -0.39 is 0 Å². The molecule has 274 valence electrons. The van der Waals surface area contributed by atoms with Gasteiger partial charge in [0, 0.05) is 27.5 Å². The lowest BCUT2D eigenvalue weighted by molar-refractivity contribution is 0.669. The Morgan fingerprint density at radius 2 is 0.864 bits per heavy atom. The maximum Gasteiger partial charge on any atom is 0.164 e. The molecule has 2 heterocycles. The van der Waals surface area contributed by atoms with Crippen LogP contribution in [-0.4, -0.2) is 15.0 Å². The summed E-state index contributed by atoms with van der Waals surface area (Å²) < 4.78 is 6.21. The van der Waals surface area contributed by atoms with Gasteiger partial charge >= 0.3 is 0 Å². The van der Waals surface area contributed by atoms with Crippen LogP contribution >= 0.6 is 0 Å². The minimum absolute atomic E-state index is 0.597. The van der Waals surface area contributed by atoms with Gasteiger partial charge in [-0.15, -0.1) is 0 Å². The zero-order chi connectivity index (χ0) is 38.9. The molecule has 10 aromatic carbocycles. The van der Waals surface area contributed by atoms with Gasteiger partial charge in [0.15, 0.2) is 17.5 Å². The standard InChI is InChI=1S/C55H33N3O/c1-2-14-34(15-3-1)38-18-8-11-24-46(38)54-56-53(37-27-31-51-49(33-37)43-23-12-13-25-50(43)59-51)57-55(58-54)47-30-29-44(41-21-9-10-22-42(41)47)52-40-20-7-5-17-36(40)32-48-39-19-6-4-16-35(39)26-28-45(48)52/h1-33H. The lowest BCUT2D eigenvalue weighted by atomic mass is 9.87. The molecule has 4 heteroatoms. The lowest BCUT2D eigenvalue weighted by Crippen LogP contribution is -2.01. The number of para-hydroxylation sites is 1. The summed E-state index contributed by atoms with van der Waals surface area (Å²) in [6.45, 7) is 0. The monoisotopic (exact) mass is 751 g/mol. The van der Waals surface area contributed by atoms with Crippen molar-refractivity contribution in [2.75, 3.05) is 0 Å². The van der Waals surface area contributed by atoms with E-state index in [2.05, 4.69) is 164 Å². The normalized spacial score (nSPS) is 11.7. The first-order valence-electron chi connectivity index (χ1n) is 19.9. The molecule has 0 unspecified atom stereocenters. The Labute approximate surface area is 339 Å². The second-order valence-electron chi connectivity index (χ2n) is 15.1. The minimum Gasteiger partial charge on any atom is -0.456 e. The van der Waals surface area contributed by atoms with Crippen molar-refractivity contribution in [1.82, 2.24) is 15.0 Å². The van der Waals surface area contributed by atoms with Gasteiger partial charge in [0.2, 0.25) is 0 Å². The van der Waals surface area contributed by atoms with E-state index >= 15 is 0 Å². The highest BCUT2D eigenvalue weighted by molar-refractivity contribution is 6.23. The van der Waals surface area contributed by atoms with E-state index in [0.29, 0.717) is 17.5 Å². The first kappa shape index (κ1) is 33.2. The zero-order valence-electron chi connectivity index (χ0n) is 31.8. The van der Waals surface area contributed by atoms with Crippen molar-refractivity contribution in [3.05, 3.63) is 200 Å². The summed E-state index contributed by atoms with van der Waals surface area (Å²) in [5.41, 5.74) is 9.00. The van der Waals surface area contributed by atoms with Gasteiger partial charge in [0.1, 0.15) is 11.2 Å². The smallest absolute Gasteiger partial charge is 0.164 e. The minimum atomic E-state index is 0.597. The summed E-state index contributed by atoms with van der Waals surface area (Å²) >= 11 is 0. The quantitative estimate of drug-likeness (QED) is 0.130. The van der Waals surface area contributed by atoms with Crippen molar-refractivity contribution < 1.29 is 4.42 Å². The van der Waals surface area contributed by atoms with Crippen LogP contribution in [0.1, 0.15) is 0 Å². The third-order valence-electron chi connectivity index (χ3n) is 11.7. The Morgan fingerprint density at radius 1 is 0.271 bits per heavy atom. The van der Waals surface area contributed by atoms with Gasteiger partial charge in [-0.05, 0) is 102 Å². The van der Waals surface area contributed by atoms with Crippen molar-refractivity contribution in [3.8, 4) is 56.4 Å². The van der Waals surface area contributed by atoms with E-state index in [1.807, 2.05) is 36.4 Å². The Morgan fingerprint density at radius 3 is 1.69 bits per heavy atom. The molecule has 59 heavy (non-hydrogen) atoms. The summed E-state index contributed by atoms with van der Waals surface area (Å²) in [7, 11) is 0. The zero-order valence-corrected chi connectivity index (χ0v) is 31.8. The maximum atomic E-state index is 6.21. The summed E-state index contributed by atoms with van der Waals surface area (Å²) in [5, 5.41) is 11.7. The molecule has 0 aliphatic carbocycles. The third kappa shape index (κ3) is 5.42. The van der Waals surface area contributed by atoms with Crippen LogP contribution in [0.2, 0.25) is 0 Å². The van der Waals surface area contributed by atoms with Gasteiger partial charge in [-0.2, -0.15) is 0 Å². The van der Waals surface area contributed by atoms with Crippen LogP contribution in [0.25, 0.3) is 121 Å². The molecular formula is C55H33N3O. The molecule has 0 fully saturated rings. The van der Waals surface area contributed by atoms with Crippen LogP contribution in [0, 0.1) is 0 Å². The number of rotatable bonds is 5. The number of hydrogen-bond donors (Lipinski definition) is 0. The summed E-state index contributed by atoms with van der Waals surface area (Å²) in [5.74, 6) is 1.82. The predicted octanol–water partition coefficient (Wildman–Crippen LogP) is 14.7. The molecule has 0 aliphatic heterocycles. The third-order valence-corrected chi connectivity index (χ3v) is 11.7. The molecule has 0 saturated heterocycles. The van der Waals surface area contributed by atoms with Crippen LogP contribution in [0.3, 0.4) is 0 Å². The largest absolute Gasteiger partial charge is 0.456 e. The fourth-order valence-corrected chi connectivity index (χ4v) is 8.98. The molecule has 12 aromatic rings. The molecule has 4 nitrogen and oxygen atoms in total.